The molecule has 0 bridgehead atoms. The molecule has 0 aliphatic heterocycles. The lowest BCUT2D eigenvalue weighted by atomic mass is 10.1. The Morgan fingerprint density at radius 1 is 1.08 bits per heavy atom. The van der Waals surface area contributed by atoms with Crippen molar-refractivity contribution in [2.24, 2.45) is 5.92 Å². The van der Waals surface area contributed by atoms with Gasteiger partial charge in [0, 0.05) is 11.0 Å². The van der Waals surface area contributed by atoms with Crippen LogP contribution in [0.3, 0.4) is 0 Å². The average Bonchev–Trinajstić information content (AvgIpc) is 2.59. The zero-order chi connectivity index (χ0) is 19.1. The number of carbonyl (C=O) groups is 1. The number of benzene rings is 2. The average molecular weight is 420 g/mol. The third kappa shape index (κ3) is 6.37. The summed E-state index contributed by atoms with van der Waals surface area (Å²) >= 11 is 3.42. The zero-order valence-electron chi connectivity index (χ0n) is 15.7. The highest BCUT2D eigenvalue weighted by Crippen LogP contribution is 2.24. The van der Waals surface area contributed by atoms with Gasteiger partial charge < -0.3 is 14.8 Å². The summed E-state index contributed by atoms with van der Waals surface area (Å²) < 4.78 is 12.3. The molecule has 0 unspecified atom stereocenters. The Balaban J connectivity index is 2.02. The third-order valence-electron chi connectivity index (χ3n) is 3.51. The van der Waals surface area contributed by atoms with Crippen molar-refractivity contribution in [2.75, 3.05) is 6.61 Å². The van der Waals surface area contributed by atoms with Gasteiger partial charge in [0.25, 0.3) is 5.91 Å². The second-order valence-corrected chi connectivity index (χ2v) is 7.75. The number of nitrogens with one attached hydrogen (secondary N) is 1. The lowest BCUT2D eigenvalue weighted by Crippen LogP contribution is -2.23. The maximum atomic E-state index is 12.6. The number of carbonyl (C=O) groups excluding carboxylic acids is 1. The molecular weight excluding hydrogens is 394 g/mol. The molecule has 1 amide bonds. The van der Waals surface area contributed by atoms with Crippen LogP contribution in [0.4, 0.5) is 0 Å². The largest absolute Gasteiger partial charge is 0.492 e. The second kappa shape index (κ2) is 9.62. The van der Waals surface area contributed by atoms with E-state index in [-0.39, 0.29) is 12.0 Å². The first kappa shape index (κ1) is 20.3. The standard InChI is InChI=1S/C21H26BrNO3/c1-14(2)13-25-20-10-7-17(22)11-19(20)21(24)23-12-16-5-8-18(9-6-16)26-15(3)4/h5-11,14-15H,12-13H2,1-4H3,(H,23,24). The molecule has 0 saturated carbocycles. The molecule has 2 rings (SSSR count). The van der Waals surface area contributed by atoms with E-state index in [1.54, 1.807) is 6.07 Å². The van der Waals surface area contributed by atoms with Crippen LogP contribution in [0.15, 0.2) is 46.9 Å². The highest BCUT2D eigenvalue weighted by molar-refractivity contribution is 9.10. The van der Waals surface area contributed by atoms with Gasteiger partial charge in [0.05, 0.1) is 18.3 Å². The summed E-state index contributed by atoms with van der Waals surface area (Å²) in [6.07, 6.45) is 0.140. The van der Waals surface area contributed by atoms with Crippen molar-refractivity contribution >= 4 is 21.8 Å². The van der Waals surface area contributed by atoms with E-state index >= 15 is 0 Å². The number of ether oxygens (including phenoxy) is 2. The van der Waals surface area contributed by atoms with Crippen LogP contribution in [0.2, 0.25) is 0 Å². The SMILES string of the molecule is CC(C)COc1ccc(Br)cc1C(=O)NCc1ccc(OC(C)C)cc1. The fraction of sp³-hybridized carbons (Fsp3) is 0.381. The molecule has 0 heterocycles. The van der Waals surface area contributed by atoms with E-state index in [1.165, 1.54) is 0 Å². The summed E-state index contributed by atoms with van der Waals surface area (Å²) in [6, 6.07) is 13.2. The van der Waals surface area contributed by atoms with Crippen LogP contribution in [0.5, 0.6) is 11.5 Å². The molecule has 2 aromatic carbocycles. The summed E-state index contributed by atoms with van der Waals surface area (Å²) in [5, 5.41) is 2.95. The molecule has 2 aromatic rings. The molecule has 0 fully saturated rings. The molecule has 26 heavy (non-hydrogen) atoms. The zero-order valence-corrected chi connectivity index (χ0v) is 17.3. The van der Waals surface area contributed by atoms with E-state index < -0.39 is 0 Å². The fourth-order valence-corrected chi connectivity index (χ4v) is 2.66. The third-order valence-corrected chi connectivity index (χ3v) is 4.00. The van der Waals surface area contributed by atoms with E-state index in [2.05, 4.69) is 35.1 Å². The normalized spacial score (nSPS) is 10.9. The number of amides is 1. The van der Waals surface area contributed by atoms with Crippen molar-refractivity contribution in [2.45, 2.75) is 40.3 Å². The van der Waals surface area contributed by atoms with Gasteiger partial charge in [-0.1, -0.05) is 41.9 Å². The van der Waals surface area contributed by atoms with Gasteiger partial charge in [0.1, 0.15) is 11.5 Å². The summed E-state index contributed by atoms with van der Waals surface area (Å²) in [5.41, 5.74) is 1.54. The summed E-state index contributed by atoms with van der Waals surface area (Å²) in [7, 11) is 0. The molecule has 0 radical (unpaired) electrons. The molecule has 5 heteroatoms. The Morgan fingerprint density at radius 3 is 2.38 bits per heavy atom. The predicted octanol–water partition coefficient (Wildman–Crippen LogP) is 5.20. The Hall–Kier alpha value is -2.01. The molecule has 0 aromatic heterocycles. The van der Waals surface area contributed by atoms with Crippen molar-refractivity contribution in [1.29, 1.82) is 0 Å². The van der Waals surface area contributed by atoms with Crippen molar-refractivity contribution in [3.63, 3.8) is 0 Å². The van der Waals surface area contributed by atoms with Crippen LogP contribution in [0.1, 0.15) is 43.6 Å². The molecule has 4 nitrogen and oxygen atoms in total. The molecule has 0 saturated heterocycles. The smallest absolute Gasteiger partial charge is 0.255 e. The maximum absolute atomic E-state index is 12.6. The van der Waals surface area contributed by atoms with Crippen molar-refractivity contribution in [3.8, 4) is 11.5 Å². The fourth-order valence-electron chi connectivity index (χ4n) is 2.30. The molecule has 0 aliphatic carbocycles. The highest BCUT2D eigenvalue weighted by Gasteiger charge is 2.14. The van der Waals surface area contributed by atoms with Crippen LogP contribution in [0.25, 0.3) is 0 Å². The molecule has 1 N–H and O–H groups in total. The van der Waals surface area contributed by atoms with Gasteiger partial charge in [-0.15, -0.1) is 0 Å². The first-order valence-electron chi connectivity index (χ1n) is 8.81. The van der Waals surface area contributed by atoms with Gasteiger partial charge in [0.2, 0.25) is 0 Å². The lowest BCUT2D eigenvalue weighted by molar-refractivity contribution is 0.0946. The maximum Gasteiger partial charge on any atom is 0.255 e. The summed E-state index contributed by atoms with van der Waals surface area (Å²) in [6.45, 7) is 9.14. The minimum atomic E-state index is -0.160. The predicted molar refractivity (Wildman–Crippen MR) is 108 cm³/mol. The van der Waals surface area contributed by atoms with E-state index in [9.17, 15) is 4.79 Å². The molecule has 0 atom stereocenters. The van der Waals surface area contributed by atoms with Crippen molar-refractivity contribution in [1.82, 2.24) is 5.32 Å². The Morgan fingerprint density at radius 2 is 1.77 bits per heavy atom. The van der Waals surface area contributed by atoms with E-state index in [0.717, 1.165) is 15.8 Å². The Bertz CT molecular complexity index is 727. The first-order chi connectivity index (χ1) is 12.3. The Kier molecular flexibility index (Phi) is 7.51. The highest BCUT2D eigenvalue weighted by atomic mass is 79.9. The molecule has 0 aliphatic rings. The van der Waals surface area contributed by atoms with Crippen LogP contribution in [0, 0.1) is 5.92 Å². The van der Waals surface area contributed by atoms with Gasteiger partial charge in [-0.2, -0.15) is 0 Å². The molecule has 140 valence electrons. The van der Waals surface area contributed by atoms with E-state index in [0.29, 0.717) is 30.4 Å². The summed E-state index contributed by atoms with van der Waals surface area (Å²) in [5.74, 6) is 1.65. The number of rotatable bonds is 8. The monoisotopic (exact) mass is 419 g/mol. The number of hydrogen-bond donors (Lipinski definition) is 1. The minimum Gasteiger partial charge on any atom is -0.492 e. The first-order valence-corrected chi connectivity index (χ1v) is 9.60. The van der Waals surface area contributed by atoms with Crippen molar-refractivity contribution in [3.05, 3.63) is 58.1 Å². The second-order valence-electron chi connectivity index (χ2n) is 6.84. The van der Waals surface area contributed by atoms with Gasteiger partial charge in [0.15, 0.2) is 0 Å². The summed E-state index contributed by atoms with van der Waals surface area (Å²) in [4.78, 5) is 12.6. The van der Waals surface area contributed by atoms with Crippen LogP contribution in [-0.4, -0.2) is 18.6 Å². The topological polar surface area (TPSA) is 47.6 Å². The van der Waals surface area contributed by atoms with Crippen LogP contribution < -0.4 is 14.8 Å². The number of hydrogen-bond acceptors (Lipinski definition) is 3. The van der Waals surface area contributed by atoms with Gasteiger partial charge >= 0.3 is 0 Å². The molecular formula is C21H26BrNO3. The number of halogens is 1. The van der Waals surface area contributed by atoms with Crippen LogP contribution in [-0.2, 0) is 6.54 Å². The van der Waals surface area contributed by atoms with Gasteiger partial charge in [-0.3, -0.25) is 4.79 Å². The lowest BCUT2D eigenvalue weighted by Gasteiger charge is -2.14. The van der Waals surface area contributed by atoms with E-state index in [1.807, 2.05) is 50.2 Å². The van der Waals surface area contributed by atoms with Gasteiger partial charge in [-0.25, -0.2) is 0 Å². The minimum absolute atomic E-state index is 0.140. The molecule has 0 spiro atoms. The van der Waals surface area contributed by atoms with Crippen molar-refractivity contribution < 1.29 is 14.3 Å². The van der Waals surface area contributed by atoms with Gasteiger partial charge in [-0.05, 0) is 55.7 Å². The quantitative estimate of drug-likeness (QED) is 0.639. The van der Waals surface area contributed by atoms with Crippen LogP contribution >= 0.6 is 15.9 Å². The Labute approximate surface area is 164 Å². The van der Waals surface area contributed by atoms with E-state index in [4.69, 9.17) is 9.47 Å².